The van der Waals surface area contributed by atoms with E-state index in [1.54, 1.807) is 42.5 Å². The molecule has 2 aromatic carbocycles. The molecule has 1 amide bonds. The second-order valence-electron chi connectivity index (χ2n) is 5.00. The highest BCUT2D eigenvalue weighted by atomic mass is 35.5. The van der Waals surface area contributed by atoms with Gasteiger partial charge in [0.1, 0.15) is 0 Å². The summed E-state index contributed by atoms with van der Waals surface area (Å²) < 4.78 is 5.22. The zero-order chi connectivity index (χ0) is 16.4. The van der Waals surface area contributed by atoms with E-state index in [9.17, 15) is 4.79 Å². The predicted molar refractivity (Wildman–Crippen MR) is 91.1 cm³/mol. The van der Waals surface area contributed by atoms with E-state index in [2.05, 4.69) is 10.5 Å². The minimum Gasteiger partial charge on any atom is -0.355 e. The normalized spacial score (nSPS) is 10.6. The van der Waals surface area contributed by atoms with Crippen LogP contribution in [0.3, 0.4) is 0 Å². The summed E-state index contributed by atoms with van der Waals surface area (Å²) in [4.78, 5) is 12.3. The Balaban J connectivity index is 1.81. The van der Waals surface area contributed by atoms with Crippen molar-refractivity contribution in [3.05, 3.63) is 69.8 Å². The summed E-state index contributed by atoms with van der Waals surface area (Å²) in [6, 6.07) is 14.0. The Morgan fingerprint density at radius 2 is 1.74 bits per heavy atom. The topological polar surface area (TPSA) is 55.1 Å². The molecule has 0 atom stereocenters. The number of aryl methyl sites for hydroxylation is 1. The third-order valence-corrected chi connectivity index (χ3v) is 3.81. The van der Waals surface area contributed by atoms with Crippen molar-refractivity contribution in [3.8, 4) is 11.3 Å². The van der Waals surface area contributed by atoms with Gasteiger partial charge in [0, 0.05) is 27.4 Å². The fourth-order valence-electron chi connectivity index (χ4n) is 2.05. The summed E-state index contributed by atoms with van der Waals surface area (Å²) in [7, 11) is 0. The van der Waals surface area contributed by atoms with Crippen LogP contribution in [0.25, 0.3) is 11.3 Å². The molecule has 0 aliphatic rings. The number of aromatic nitrogens is 1. The van der Waals surface area contributed by atoms with Gasteiger partial charge in [-0.1, -0.05) is 34.4 Å². The van der Waals surface area contributed by atoms with Crippen LogP contribution in [0.1, 0.15) is 16.1 Å². The van der Waals surface area contributed by atoms with Crippen LogP contribution < -0.4 is 5.32 Å². The molecule has 0 spiro atoms. The number of benzene rings is 2. The van der Waals surface area contributed by atoms with E-state index in [0.29, 0.717) is 21.5 Å². The van der Waals surface area contributed by atoms with Gasteiger partial charge in [-0.15, -0.1) is 0 Å². The summed E-state index contributed by atoms with van der Waals surface area (Å²) >= 11 is 11.8. The molecule has 0 fully saturated rings. The van der Waals surface area contributed by atoms with Crippen LogP contribution in [-0.2, 0) is 0 Å². The monoisotopic (exact) mass is 346 g/mol. The summed E-state index contributed by atoms with van der Waals surface area (Å²) in [5.74, 6) is 0.133. The minimum absolute atomic E-state index is 0.189. The lowest BCUT2D eigenvalue weighted by molar-refractivity contribution is 0.101. The molecular weight excluding hydrogens is 335 g/mol. The van der Waals surface area contributed by atoms with Gasteiger partial charge >= 0.3 is 0 Å². The van der Waals surface area contributed by atoms with Gasteiger partial charge in [0.2, 0.25) is 0 Å². The highest BCUT2D eigenvalue weighted by molar-refractivity contribution is 6.31. The second-order valence-corrected chi connectivity index (χ2v) is 5.87. The van der Waals surface area contributed by atoms with Crippen molar-refractivity contribution in [1.29, 1.82) is 0 Å². The molecule has 1 N–H and O–H groups in total. The maximum Gasteiger partial charge on any atom is 0.277 e. The van der Waals surface area contributed by atoms with Crippen molar-refractivity contribution in [2.45, 2.75) is 6.92 Å². The zero-order valence-corrected chi connectivity index (χ0v) is 13.7. The standard InChI is InChI=1S/C17H12Cl2N2O2/c1-10-2-5-13(19)8-14(10)20-17(22)15-9-16(23-21-15)11-3-6-12(18)7-4-11/h2-9H,1H3,(H,20,22). The molecule has 3 rings (SSSR count). The Morgan fingerprint density at radius 1 is 1.04 bits per heavy atom. The van der Waals surface area contributed by atoms with Crippen LogP contribution in [0.5, 0.6) is 0 Å². The maximum absolute atomic E-state index is 12.3. The van der Waals surface area contributed by atoms with E-state index in [4.69, 9.17) is 27.7 Å². The van der Waals surface area contributed by atoms with Crippen molar-refractivity contribution in [1.82, 2.24) is 5.16 Å². The lowest BCUT2D eigenvalue weighted by Crippen LogP contribution is -2.13. The van der Waals surface area contributed by atoms with E-state index in [1.807, 2.05) is 13.0 Å². The lowest BCUT2D eigenvalue weighted by atomic mass is 10.1. The van der Waals surface area contributed by atoms with Gasteiger partial charge in [-0.3, -0.25) is 4.79 Å². The summed E-state index contributed by atoms with van der Waals surface area (Å²) in [6.07, 6.45) is 0. The van der Waals surface area contributed by atoms with Gasteiger partial charge in [-0.2, -0.15) is 0 Å². The van der Waals surface area contributed by atoms with E-state index in [-0.39, 0.29) is 11.6 Å². The third kappa shape index (κ3) is 3.55. The van der Waals surface area contributed by atoms with Crippen LogP contribution in [0, 0.1) is 6.92 Å². The number of anilines is 1. The molecule has 1 heterocycles. The Labute approximate surface area is 143 Å². The average Bonchev–Trinajstić information content (AvgIpc) is 3.02. The van der Waals surface area contributed by atoms with Crippen molar-refractivity contribution >= 4 is 34.8 Å². The van der Waals surface area contributed by atoms with Crippen LogP contribution in [0.4, 0.5) is 5.69 Å². The maximum atomic E-state index is 12.3. The molecule has 116 valence electrons. The summed E-state index contributed by atoms with van der Waals surface area (Å²) in [6.45, 7) is 1.88. The second kappa shape index (κ2) is 6.44. The molecule has 0 aliphatic carbocycles. The predicted octanol–water partition coefficient (Wildman–Crippen LogP) is 5.21. The number of carbonyl (C=O) groups excluding carboxylic acids is 1. The number of halogens is 2. The molecule has 0 radical (unpaired) electrons. The third-order valence-electron chi connectivity index (χ3n) is 3.32. The Morgan fingerprint density at radius 3 is 2.48 bits per heavy atom. The average molecular weight is 347 g/mol. The minimum atomic E-state index is -0.362. The first-order valence-electron chi connectivity index (χ1n) is 6.83. The van der Waals surface area contributed by atoms with Crippen molar-refractivity contribution in [2.75, 3.05) is 5.32 Å². The smallest absolute Gasteiger partial charge is 0.277 e. The van der Waals surface area contributed by atoms with E-state index in [0.717, 1.165) is 11.1 Å². The van der Waals surface area contributed by atoms with Crippen molar-refractivity contribution in [3.63, 3.8) is 0 Å². The van der Waals surface area contributed by atoms with E-state index < -0.39 is 0 Å². The molecule has 0 bridgehead atoms. The largest absolute Gasteiger partial charge is 0.355 e. The van der Waals surface area contributed by atoms with Gasteiger partial charge in [-0.25, -0.2) is 0 Å². The van der Waals surface area contributed by atoms with Crippen LogP contribution in [0.2, 0.25) is 10.0 Å². The van der Waals surface area contributed by atoms with Crippen LogP contribution in [-0.4, -0.2) is 11.1 Å². The number of nitrogens with zero attached hydrogens (tertiary/aromatic N) is 1. The van der Waals surface area contributed by atoms with Gasteiger partial charge < -0.3 is 9.84 Å². The fraction of sp³-hybridized carbons (Fsp3) is 0.0588. The van der Waals surface area contributed by atoms with Gasteiger partial charge in [-0.05, 0) is 48.9 Å². The highest BCUT2D eigenvalue weighted by Crippen LogP contribution is 2.24. The highest BCUT2D eigenvalue weighted by Gasteiger charge is 2.15. The van der Waals surface area contributed by atoms with Crippen molar-refractivity contribution in [2.24, 2.45) is 0 Å². The summed E-state index contributed by atoms with van der Waals surface area (Å²) in [5.41, 5.74) is 2.52. The number of hydrogen-bond donors (Lipinski definition) is 1. The Bertz CT molecular complexity index is 857. The van der Waals surface area contributed by atoms with Gasteiger partial charge in [0.25, 0.3) is 5.91 Å². The lowest BCUT2D eigenvalue weighted by Gasteiger charge is -2.06. The summed E-state index contributed by atoms with van der Waals surface area (Å²) in [5, 5.41) is 7.76. The molecule has 0 aliphatic heterocycles. The first kappa shape index (κ1) is 15.6. The molecule has 0 saturated heterocycles. The first-order valence-corrected chi connectivity index (χ1v) is 7.59. The SMILES string of the molecule is Cc1ccc(Cl)cc1NC(=O)c1cc(-c2ccc(Cl)cc2)on1. The molecule has 23 heavy (non-hydrogen) atoms. The zero-order valence-electron chi connectivity index (χ0n) is 12.1. The van der Waals surface area contributed by atoms with Crippen LogP contribution in [0.15, 0.2) is 53.1 Å². The molecule has 0 unspecified atom stereocenters. The molecule has 4 nitrogen and oxygen atoms in total. The fourth-order valence-corrected chi connectivity index (χ4v) is 2.35. The number of rotatable bonds is 3. The molecular formula is C17H12Cl2N2O2. The van der Waals surface area contributed by atoms with Crippen molar-refractivity contribution < 1.29 is 9.32 Å². The molecule has 0 saturated carbocycles. The number of carbonyl (C=O) groups is 1. The Hall–Kier alpha value is -2.30. The number of amides is 1. The number of nitrogens with one attached hydrogen (secondary N) is 1. The van der Waals surface area contributed by atoms with Crippen LogP contribution >= 0.6 is 23.2 Å². The molecule has 1 aromatic heterocycles. The molecule has 3 aromatic rings. The first-order chi connectivity index (χ1) is 11.0. The number of hydrogen-bond acceptors (Lipinski definition) is 3. The quantitative estimate of drug-likeness (QED) is 0.708. The van der Waals surface area contributed by atoms with E-state index in [1.165, 1.54) is 0 Å². The molecule has 6 heteroatoms. The Kier molecular flexibility index (Phi) is 4.37. The van der Waals surface area contributed by atoms with Gasteiger partial charge in [0.05, 0.1) is 0 Å². The van der Waals surface area contributed by atoms with Gasteiger partial charge in [0.15, 0.2) is 11.5 Å². The van der Waals surface area contributed by atoms with E-state index >= 15 is 0 Å².